The second-order valence-electron chi connectivity index (χ2n) is 6.15. The van der Waals surface area contributed by atoms with Crippen LogP contribution in [0.25, 0.3) is 11.7 Å². The smallest absolute Gasteiger partial charge is 0.334 e. The molecule has 0 radical (unpaired) electrons. The lowest BCUT2D eigenvalue weighted by Gasteiger charge is -2.30. The summed E-state index contributed by atoms with van der Waals surface area (Å²) in [6.45, 7) is 3.42. The van der Waals surface area contributed by atoms with Crippen molar-refractivity contribution in [3.63, 3.8) is 0 Å². The van der Waals surface area contributed by atoms with Crippen molar-refractivity contribution in [1.82, 2.24) is 10.3 Å². The third kappa shape index (κ3) is 3.62. The second kappa shape index (κ2) is 7.49. The third-order valence-corrected chi connectivity index (χ3v) is 4.47. The summed E-state index contributed by atoms with van der Waals surface area (Å²) in [5.74, 6) is -0.345. The van der Waals surface area contributed by atoms with Crippen LogP contribution in [0.5, 0.6) is 0 Å². The number of aryl methyl sites for hydroxylation is 1. The molecule has 140 valence electrons. The van der Waals surface area contributed by atoms with Gasteiger partial charge < -0.3 is 19.3 Å². The van der Waals surface area contributed by atoms with Crippen molar-refractivity contribution in [2.45, 2.75) is 32.2 Å². The Kier molecular flexibility index (Phi) is 5.12. The van der Waals surface area contributed by atoms with Crippen molar-refractivity contribution in [3.8, 4) is 11.7 Å². The first-order valence-electron chi connectivity index (χ1n) is 8.56. The number of nitrogens with one attached hydrogen (secondary N) is 1. The van der Waals surface area contributed by atoms with Gasteiger partial charge in [0.05, 0.1) is 18.4 Å². The predicted molar refractivity (Wildman–Crippen MR) is 96.8 cm³/mol. The average molecular weight is 368 g/mol. The Balaban J connectivity index is 1.82. The largest absolute Gasteiger partial charge is 0.479 e. The van der Waals surface area contributed by atoms with E-state index in [1.165, 1.54) is 6.26 Å². The van der Waals surface area contributed by atoms with Gasteiger partial charge in [-0.15, -0.1) is 0 Å². The number of carbonyl (C=O) groups excluding carboxylic acids is 1. The van der Waals surface area contributed by atoms with Gasteiger partial charge in [0.1, 0.15) is 5.76 Å². The van der Waals surface area contributed by atoms with E-state index >= 15 is 0 Å². The van der Waals surface area contributed by atoms with E-state index in [2.05, 4.69) is 10.3 Å². The molecule has 3 rings (SSSR count). The maximum absolute atomic E-state index is 12.6. The van der Waals surface area contributed by atoms with Crippen molar-refractivity contribution in [2.24, 2.45) is 0 Å². The summed E-state index contributed by atoms with van der Waals surface area (Å²) in [6.07, 6.45) is 1.61. The van der Waals surface area contributed by atoms with Crippen LogP contribution in [0.2, 0.25) is 0 Å². The molecule has 0 aliphatic heterocycles. The molecule has 0 fully saturated rings. The zero-order chi connectivity index (χ0) is 19.4. The minimum Gasteiger partial charge on any atom is -0.479 e. The van der Waals surface area contributed by atoms with Gasteiger partial charge in [-0.1, -0.05) is 37.3 Å². The molecule has 2 aromatic heterocycles. The van der Waals surface area contributed by atoms with Crippen LogP contribution in [0.1, 0.15) is 30.4 Å². The van der Waals surface area contributed by atoms with Gasteiger partial charge in [0.15, 0.2) is 11.3 Å². The number of nitrogens with zero attached hydrogens (tertiary/aromatic N) is 1. The zero-order valence-electron chi connectivity index (χ0n) is 15.1. The third-order valence-electron chi connectivity index (χ3n) is 4.47. The van der Waals surface area contributed by atoms with Crippen LogP contribution in [0, 0.1) is 6.92 Å². The van der Waals surface area contributed by atoms with Gasteiger partial charge in [-0.25, -0.2) is 9.78 Å². The van der Waals surface area contributed by atoms with Crippen LogP contribution in [0.4, 0.5) is 0 Å². The fourth-order valence-electron chi connectivity index (χ4n) is 2.95. The summed E-state index contributed by atoms with van der Waals surface area (Å²) in [4.78, 5) is 28.9. The van der Waals surface area contributed by atoms with E-state index in [1.54, 1.807) is 56.3 Å². The Bertz CT molecular complexity index is 931. The number of hydrogen-bond acceptors (Lipinski definition) is 5. The Morgan fingerprint density at radius 2 is 1.93 bits per heavy atom. The van der Waals surface area contributed by atoms with Crippen LogP contribution in [-0.2, 0) is 21.5 Å². The Morgan fingerprint density at radius 3 is 2.52 bits per heavy atom. The number of aliphatic carboxylic acids is 1. The van der Waals surface area contributed by atoms with Gasteiger partial charge in [-0.05, 0) is 31.0 Å². The van der Waals surface area contributed by atoms with Gasteiger partial charge in [0.25, 0.3) is 5.89 Å². The number of aromatic nitrogens is 1. The predicted octanol–water partition coefficient (Wildman–Crippen LogP) is 3.29. The number of hydrogen-bond donors (Lipinski definition) is 2. The summed E-state index contributed by atoms with van der Waals surface area (Å²) in [5, 5.41) is 12.5. The molecule has 27 heavy (non-hydrogen) atoms. The molecule has 3 aromatic rings. The minimum atomic E-state index is -1.50. The molecule has 2 heterocycles. The maximum Gasteiger partial charge on any atom is 0.334 e. The molecule has 1 amide bonds. The minimum absolute atomic E-state index is 0.0993. The van der Waals surface area contributed by atoms with E-state index in [1.807, 2.05) is 0 Å². The van der Waals surface area contributed by atoms with Crippen molar-refractivity contribution >= 4 is 11.9 Å². The molecular weight excluding hydrogens is 348 g/mol. The molecule has 1 atom stereocenters. The Hall–Kier alpha value is -3.35. The van der Waals surface area contributed by atoms with Crippen LogP contribution < -0.4 is 5.32 Å². The zero-order valence-corrected chi connectivity index (χ0v) is 15.1. The summed E-state index contributed by atoms with van der Waals surface area (Å²) in [6, 6.07) is 12.1. The van der Waals surface area contributed by atoms with Crippen molar-refractivity contribution < 1.29 is 23.5 Å². The van der Waals surface area contributed by atoms with Crippen molar-refractivity contribution in [3.05, 3.63) is 65.7 Å². The van der Waals surface area contributed by atoms with E-state index in [4.69, 9.17) is 8.83 Å². The second-order valence-corrected chi connectivity index (χ2v) is 6.15. The number of oxazole rings is 1. The fourth-order valence-corrected chi connectivity index (χ4v) is 2.95. The Labute approximate surface area is 156 Å². The lowest BCUT2D eigenvalue weighted by atomic mass is 9.87. The fraction of sp³-hybridized carbons (Fsp3) is 0.250. The highest BCUT2D eigenvalue weighted by Crippen LogP contribution is 2.26. The summed E-state index contributed by atoms with van der Waals surface area (Å²) >= 11 is 0. The number of carboxylic acids is 1. The van der Waals surface area contributed by atoms with E-state index in [0.717, 1.165) is 0 Å². The van der Waals surface area contributed by atoms with Gasteiger partial charge in [-0.3, -0.25) is 4.79 Å². The highest BCUT2D eigenvalue weighted by Gasteiger charge is 2.40. The molecule has 1 unspecified atom stereocenters. The molecule has 7 nitrogen and oxygen atoms in total. The molecule has 0 saturated heterocycles. The monoisotopic (exact) mass is 368 g/mol. The molecular formula is C20H20N2O5. The number of furan rings is 1. The first kappa shape index (κ1) is 18.4. The number of benzene rings is 1. The summed E-state index contributed by atoms with van der Waals surface area (Å²) in [5.41, 5.74) is -0.552. The molecule has 1 aromatic carbocycles. The van der Waals surface area contributed by atoms with E-state index in [9.17, 15) is 14.7 Å². The van der Waals surface area contributed by atoms with Crippen LogP contribution in [0.15, 0.2) is 57.6 Å². The van der Waals surface area contributed by atoms with Crippen LogP contribution in [-0.4, -0.2) is 22.0 Å². The first-order valence-corrected chi connectivity index (χ1v) is 8.56. The quantitative estimate of drug-likeness (QED) is 0.663. The molecule has 0 aliphatic rings. The first-order chi connectivity index (χ1) is 13.0. The normalized spacial score (nSPS) is 13.1. The number of amides is 1. The lowest BCUT2D eigenvalue weighted by molar-refractivity contribution is -0.148. The number of carboxylic acid groups (broad SMARTS) is 1. The van der Waals surface area contributed by atoms with Crippen LogP contribution >= 0.6 is 0 Å². The van der Waals surface area contributed by atoms with Crippen molar-refractivity contribution in [1.29, 1.82) is 0 Å². The molecule has 0 bridgehead atoms. The lowest BCUT2D eigenvalue weighted by Crippen LogP contribution is -2.52. The van der Waals surface area contributed by atoms with Crippen LogP contribution in [0.3, 0.4) is 0 Å². The van der Waals surface area contributed by atoms with E-state index < -0.39 is 17.4 Å². The summed E-state index contributed by atoms with van der Waals surface area (Å²) < 4.78 is 10.8. The molecule has 2 N–H and O–H groups in total. The SMILES string of the molecule is CCC(NC(=O)Cc1nc(-c2ccco2)oc1C)(C(=O)O)c1ccccc1. The highest BCUT2D eigenvalue weighted by molar-refractivity contribution is 5.89. The number of carbonyl (C=O) groups is 2. The average Bonchev–Trinajstić information content (AvgIpc) is 3.30. The van der Waals surface area contributed by atoms with Gasteiger partial charge >= 0.3 is 5.97 Å². The van der Waals surface area contributed by atoms with Gasteiger partial charge in [0.2, 0.25) is 5.91 Å². The van der Waals surface area contributed by atoms with Crippen molar-refractivity contribution in [2.75, 3.05) is 0 Å². The van der Waals surface area contributed by atoms with E-state index in [-0.39, 0.29) is 18.7 Å². The van der Waals surface area contributed by atoms with E-state index in [0.29, 0.717) is 22.8 Å². The summed E-state index contributed by atoms with van der Waals surface area (Å²) in [7, 11) is 0. The Morgan fingerprint density at radius 1 is 1.19 bits per heavy atom. The standard InChI is InChI=1S/C20H20N2O5/c1-3-20(19(24)25,14-8-5-4-6-9-14)22-17(23)12-15-13(2)27-18(21-15)16-10-7-11-26-16/h4-11H,3,12H2,1-2H3,(H,22,23)(H,24,25). The molecule has 7 heteroatoms. The maximum atomic E-state index is 12.6. The molecule has 0 spiro atoms. The topological polar surface area (TPSA) is 106 Å². The van der Waals surface area contributed by atoms with Gasteiger partial charge in [0, 0.05) is 0 Å². The molecule has 0 aliphatic carbocycles. The van der Waals surface area contributed by atoms with Gasteiger partial charge in [-0.2, -0.15) is 0 Å². The number of rotatable bonds is 7. The molecule has 0 saturated carbocycles. The highest BCUT2D eigenvalue weighted by atomic mass is 16.4.